The third-order valence-corrected chi connectivity index (χ3v) is 10.3. The second-order valence-corrected chi connectivity index (χ2v) is 15.4. The minimum atomic E-state index is -5.45. The first kappa shape index (κ1) is 57.6. The zero-order valence-electron chi connectivity index (χ0n) is 30.8. The summed E-state index contributed by atoms with van der Waals surface area (Å²) in [5, 5.41) is 94.8. The van der Waals surface area contributed by atoms with Crippen LogP contribution in [-0.4, -0.2) is 196 Å². The molecular weight excluding hydrogens is 946 g/mol. The lowest BCUT2D eigenvalue weighted by Gasteiger charge is -2.46. The van der Waals surface area contributed by atoms with Crippen molar-refractivity contribution < 1.29 is 146 Å². The molecular formula is C26H45F3O28S4. The molecule has 4 rings (SSSR count). The van der Waals surface area contributed by atoms with Gasteiger partial charge in [-0.1, -0.05) is 5.04 Å². The molecule has 0 aromatic heterocycles. The van der Waals surface area contributed by atoms with Crippen molar-refractivity contribution in [1.29, 1.82) is 0 Å². The van der Waals surface area contributed by atoms with Crippen LogP contribution >= 0.6 is 25.8 Å². The van der Waals surface area contributed by atoms with Crippen LogP contribution in [0.15, 0.2) is 11.8 Å². The number of aliphatic hydroxyl groups is 7. The van der Waals surface area contributed by atoms with E-state index in [1.807, 2.05) is 0 Å². The summed E-state index contributed by atoms with van der Waals surface area (Å²) < 4.78 is 139. The molecule has 3 fully saturated rings. The van der Waals surface area contributed by atoms with E-state index in [0.29, 0.717) is 6.08 Å². The van der Waals surface area contributed by atoms with Crippen molar-refractivity contribution in [3.8, 4) is 0 Å². The lowest BCUT2D eigenvalue weighted by Crippen LogP contribution is -2.62. The zero-order valence-corrected chi connectivity index (χ0v) is 34.3. The van der Waals surface area contributed by atoms with Gasteiger partial charge in [0.2, 0.25) is 12.0 Å². The van der Waals surface area contributed by atoms with Crippen molar-refractivity contribution in [3.05, 3.63) is 11.8 Å². The number of ether oxygens (including phenoxy) is 7. The van der Waals surface area contributed by atoms with Crippen LogP contribution < -0.4 is 0 Å². The van der Waals surface area contributed by atoms with Gasteiger partial charge in [-0.3, -0.25) is 18.0 Å². The first-order valence-electron chi connectivity index (χ1n) is 16.5. The van der Waals surface area contributed by atoms with Crippen molar-refractivity contribution in [2.24, 2.45) is 11.8 Å². The Bertz CT molecular complexity index is 1590. The highest BCUT2D eigenvalue weighted by molar-refractivity contribution is 7.89. The Morgan fingerprint density at radius 2 is 1.44 bits per heavy atom. The van der Waals surface area contributed by atoms with Crippen molar-refractivity contribution in [2.75, 3.05) is 19.8 Å². The maximum atomic E-state index is 12.1. The summed E-state index contributed by atoms with van der Waals surface area (Å²) in [6.45, 7) is -0.272. The van der Waals surface area contributed by atoms with Crippen LogP contribution in [0.4, 0.5) is 13.9 Å². The van der Waals surface area contributed by atoms with E-state index in [-0.39, 0.29) is 30.5 Å². The van der Waals surface area contributed by atoms with Gasteiger partial charge in [0.05, 0.1) is 38.1 Å². The molecule has 11 N–H and O–H groups in total. The summed E-state index contributed by atoms with van der Waals surface area (Å²) in [6, 6.07) is 0. The number of carbonyl (C=O) groups is 1. The van der Waals surface area contributed by atoms with Crippen LogP contribution in [0.1, 0.15) is 13.8 Å². The van der Waals surface area contributed by atoms with E-state index in [9.17, 15) is 67.0 Å². The highest BCUT2D eigenvalue weighted by atomic mass is 32.3. The Balaban J connectivity index is 0.00000458. The van der Waals surface area contributed by atoms with Crippen LogP contribution in [0.5, 0.6) is 0 Å². The van der Waals surface area contributed by atoms with E-state index in [2.05, 4.69) is 13.6 Å². The largest absolute Gasteiger partial charge is 0.475 e. The highest BCUT2D eigenvalue weighted by Crippen LogP contribution is 2.38. The Morgan fingerprint density at radius 3 is 1.98 bits per heavy atom. The molecule has 4 aliphatic rings. The van der Waals surface area contributed by atoms with Crippen molar-refractivity contribution in [2.45, 2.75) is 112 Å². The minimum absolute atomic E-state index is 0. The molecule has 362 valence electrons. The number of rotatable bonds is 19. The molecule has 35 heteroatoms. The third-order valence-electron chi connectivity index (χ3n) is 8.93. The van der Waals surface area contributed by atoms with Crippen LogP contribution in [-0.2, 0) is 80.7 Å². The average Bonchev–Trinajstić information content (AvgIpc) is 3.43. The van der Waals surface area contributed by atoms with E-state index in [1.54, 1.807) is 0 Å². The van der Waals surface area contributed by atoms with Gasteiger partial charge in [-0.2, -0.15) is 30.3 Å². The van der Waals surface area contributed by atoms with Crippen LogP contribution in [0, 0.1) is 11.8 Å². The molecule has 4 aliphatic heterocycles. The Labute approximate surface area is 353 Å². The van der Waals surface area contributed by atoms with Crippen molar-refractivity contribution >= 4 is 52.6 Å². The standard InChI is InChI=1S/C26H42O28S3.F2.FH.H2S/c1-7(27)18-16(31)17(32)25(49-18)50-19-8(2)46-26(21(51-55-54-53-36)20(19)52-57(40,41)42)44-4-9-10(23(35)47-13(14(9)29)6-45-56(37,38)39)5-43-24-15(30)11(28)3-12(48-24)22(33)34;1-2;;/h3,7-11,13-21,23-32,35-36H,4-6H2,1-2H3,(H,33,34)(H,37,38,39)(H,40,41,42);;1H;1H2/t7?,8?,9-,10?,11+,13?,14-,15?,16+,17?,18+,19+,20-,21?,23-,24+,25-,26+;;;/m0.../s1. The molecule has 3 saturated heterocycles. The lowest BCUT2D eigenvalue weighted by molar-refractivity contribution is -0.435. The monoisotopic (exact) mass is 990 g/mol. The van der Waals surface area contributed by atoms with Crippen molar-refractivity contribution in [3.63, 3.8) is 0 Å². The summed E-state index contributed by atoms with van der Waals surface area (Å²) in [5.74, 6) is -5.47. The predicted molar refractivity (Wildman–Crippen MR) is 186 cm³/mol. The molecule has 61 heavy (non-hydrogen) atoms. The quantitative estimate of drug-likeness (QED) is 0.0192. The molecule has 18 atom stereocenters. The van der Waals surface area contributed by atoms with E-state index < -0.39 is 163 Å². The zero-order chi connectivity index (χ0) is 44.6. The normalized spacial score (nSPS) is 38.4. The number of carboxylic acid groups (broad SMARTS) is 1. The maximum absolute atomic E-state index is 12.1. The van der Waals surface area contributed by atoms with Gasteiger partial charge in [-0.15, -0.1) is 4.33 Å². The van der Waals surface area contributed by atoms with Crippen LogP contribution in [0.2, 0.25) is 0 Å². The number of hydrogen-bond donors (Lipinski definition) is 11. The van der Waals surface area contributed by atoms with Gasteiger partial charge in [-0.05, 0) is 19.9 Å². The second kappa shape index (κ2) is 25.3. The molecule has 0 radical (unpaired) electrons. The molecule has 0 saturated carbocycles. The predicted octanol–water partition coefficient (Wildman–Crippen LogP) is -4.18. The van der Waals surface area contributed by atoms with Crippen LogP contribution in [0.3, 0.4) is 0 Å². The second-order valence-electron chi connectivity index (χ2n) is 12.8. The fourth-order valence-corrected chi connectivity index (χ4v) is 7.35. The first-order chi connectivity index (χ1) is 27.5. The summed E-state index contributed by atoms with van der Waals surface area (Å²) in [5.41, 5.74) is 0. The van der Waals surface area contributed by atoms with Gasteiger partial charge in [0.25, 0.3) is 0 Å². The summed E-state index contributed by atoms with van der Waals surface area (Å²) in [6.07, 6.45) is -27.8. The highest BCUT2D eigenvalue weighted by Gasteiger charge is 2.55. The van der Waals surface area contributed by atoms with E-state index >= 15 is 0 Å². The molecule has 0 spiro atoms. The summed E-state index contributed by atoms with van der Waals surface area (Å²) in [4.78, 5) is 11.4. The van der Waals surface area contributed by atoms with Gasteiger partial charge >= 0.3 is 26.8 Å². The lowest BCUT2D eigenvalue weighted by atomic mass is 9.83. The fraction of sp³-hybridized carbons (Fsp3) is 0.885. The summed E-state index contributed by atoms with van der Waals surface area (Å²) in [7, 11) is -10.6. The van der Waals surface area contributed by atoms with E-state index in [4.69, 9.17) is 60.5 Å². The number of carboxylic acids is 1. The number of aliphatic hydroxyl groups excluding tert-OH is 7. The third kappa shape index (κ3) is 15.9. The number of hydrogen-bond acceptors (Lipinski definition) is 26. The molecule has 0 aromatic carbocycles. The van der Waals surface area contributed by atoms with Gasteiger partial charge in [-0.25, -0.2) is 18.4 Å². The van der Waals surface area contributed by atoms with E-state index in [1.165, 1.54) is 13.8 Å². The molecule has 7 unspecified atom stereocenters. The minimum Gasteiger partial charge on any atom is -0.475 e. The van der Waals surface area contributed by atoms with Gasteiger partial charge in [0.1, 0.15) is 48.8 Å². The van der Waals surface area contributed by atoms with Crippen LogP contribution in [0.25, 0.3) is 0 Å². The Hall–Kier alpha value is -1.44. The molecule has 0 amide bonds. The number of halogens is 3. The summed E-state index contributed by atoms with van der Waals surface area (Å²) >= 11 is -0.186. The average molecular weight is 991 g/mol. The fourth-order valence-electron chi connectivity index (χ4n) is 6.19. The molecule has 0 aromatic rings. The SMILES string of the molecule is CC(O)[C@H]1O[C@@H](O[C@@H]2C(C)O[C@@H](OC[C@H]3C(CO[C@@H]4OC(C(=O)O)=C[C@@H](O)C4O)[C@@H](O)OC(COS(=O)(=O)O)[C@H]3O)C(OSOOO)[C@H]2OS(=O)(=O)O)C(O)[C@H]1O.F.FF.S. The van der Waals surface area contributed by atoms with Gasteiger partial charge in [0, 0.05) is 21.0 Å². The first-order valence-corrected chi connectivity index (χ1v) is 19.9. The van der Waals surface area contributed by atoms with Gasteiger partial charge in [0.15, 0.2) is 37.3 Å². The van der Waals surface area contributed by atoms with Crippen molar-refractivity contribution in [1.82, 2.24) is 0 Å². The molecule has 4 heterocycles. The molecule has 28 nitrogen and oxygen atoms in total. The molecule has 0 aliphatic carbocycles. The van der Waals surface area contributed by atoms with Gasteiger partial charge < -0.3 is 74.0 Å². The Morgan fingerprint density at radius 1 is 0.836 bits per heavy atom. The topological polar surface area (TPSA) is 419 Å². The number of aliphatic carboxylic acids is 1. The maximum Gasteiger partial charge on any atom is 0.397 e. The Kier molecular flexibility index (Phi) is 23.9. The smallest absolute Gasteiger partial charge is 0.397 e. The molecule has 0 bridgehead atoms. The van der Waals surface area contributed by atoms with E-state index in [0.717, 1.165) is 0 Å².